The number of carbonyl (C=O) groups is 1. The highest BCUT2D eigenvalue weighted by Gasteiger charge is 2.23. The molecule has 0 aliphatic rings. The van der Waals surface area contributed by atoms with E-state index >= 15 is 0 Å². The molecule has 2 nitrogen and oxygen atoms in total. The number of aromatic nitrogens is 1. The maximum atomic E-state index is 12.2. The van der Waals surface area contributed by atoms with E-state index in [1.807, 2.05) is 73.8 Å². The molecule has 0 saturated heterocycles. The van der Waals surface area contributed by atoms with Crippen LogP contribution in [0.3, 0.4) is 0 Å². The standard InChI is InChI=1S/C24H19NO/c1-25-23(19-13-7-3-8-14-19)21(17-26)22(18-11-5-2-6-12-18)24(25)20-15-9-4-10-16-20/h2-17H,1H3. The van der Waals surface area contributed by atoms with Gasteiger partial charge in [-0.2, -0.15) is 0 Å². The second-order valence-electron chi connectivity index (χ2n) is 6.26. The lowest BCUT2D eigenvalue weighted by Crippen LogP contribution is -1.96. The summed E-state index contributed by atoms with van der Waals surface area (Å²) < 4.78 is 2.14. The zero-order chi connectivity index (χ0) is 17.9. The highest BCUT2D eigenvalue weighted by atomic mass is 16.1. The van der Waals surface area contributed by atoms with E-state index in [4.69, 9.17) is 0 Å². The number of rotatable bonds is 4. The molecule has 26 heavy (non-hydrogen) atoms. The molecule has 0 N–H and O–H groups in total. The van der Waals surface area contributed by atoms with Gasteiger partial charge in [-0.3, -0.25) is 4.79 Å². The van der Waals surface area contributed by atoms with Gasteiger partial charge in [0.15, 0.2) is 6.29 Å². The lowest BCUT2D eigenvalue weighted by molar-refractivity contribution is 0.112. The van der Waals surface area contributed by atoms with Gasteiger partial charge < -0.3 is 4.57 Å². The highest BCUT2D eigenvalue weighted by molar-refractivity contribution is 6.02. The van der Waals surface area contributed by atoms with Crippen LogP contribution in [0.5, 0.6) is 0 Å². The summed E-state index contributed by atoms with van der Waals surface area (Å²) in [5.74, 6) is 0. The minimum atomic E-state index is 0.726. The minimum absolute atomic E-state index is 0.726. The molecule has 126 valence electrons. The van der Waals surface area contributed by atoms with Crippen LogP contribution in [0.1, 0.15) is 10.4 Å². The van der Waals surface area contributed by atoms with E-state index in [2.05, 4.69) is 28.8 Å². The predicted octanol–water partition coefficient (Wildman–Crippen LogP) is 5.84. The normalized spacial score (nSPS) is 10.7. The first-order chi connectivity index (χ1) is 12.8. The first kappa shape index (κ1) is 16.1. The predicted molar refractivity (Wildman–Crippen MR) is 107 cm³/mol. The van der Waals surface area contributed by atoms with Crippen molar-refractivity contribution in [1.82, 2.24) is 4.57 Å². The Labute approximate surface area is 153 Å². The number of benzene rings is 3. The van der Waals surface area contributed by atoms with Crippen molar-refractivity contribution in [2.24, 2.45) is 7.05 Å². The fourth-order valence-electron chi connectivity index (χ4n) is 3.60. The number of hydrogen-bond donors (Lipinski definition) is 0. The molecule has 0 unspecified atom stereocenters. The minimum Gasteiger partial charge on any atom is -0.343 e. The maximum Gasteiger partial charge on any atom is 0.152 e. The third-order valence-corrected chi connectivity index (χ3v) is 4.71. The summed E-state index contributed by atoms with van der Waals surface area (Å²) >= 11 is 0. The zero-order valence-corrected chi connectivity index (χ0v) is 14.6. The van der Waals surface area contributed by atoms with Crippen molar-refractivity contribution < 1.29 is 4.79 Å². The van der Waals surface area contributed by atoms with E-state index in [9.17, 15) is 4.79 Å². The second-order valence-corrected chi connectivity index (χ2v) is 6.26. The van der Waals surface area contributed by atoms with Gasteiger partial charge in [0.05, 0.1) is 11.4 Å². The van der Waals surface area contributed by atoms with Crippen LogP contribution in [0.25, 0.3) is 33.6 Å². The molecule has 2 heteroatoms. The van der Waals surface area contributed by atoms with Crippen LogP contribution in [-0.2, 0) is 7.05 Å². The van der Waals surface area contributed by atoms with Gasteiger partial charge in [-0.05, 0) is 16.7 Å². The molecule has 0 aliphatic carbocycles. The maximum absolute atomic E-state index is 12.2. The monoisotopic (exact) mass is 337 g/mol. The Hall–Kier alpha value is -3.39. The van der Waals surface area contributed by atoms with Crippen LogP contribution >= 0.6 is 0 Å². The molecule has 0 saturated carbocycles. The van der Waals surface area contributed by atoms with E-state index < -0.39 is 0 Å². The summed E-state index contributed by atoms with van der Waals surface area (Å²) in [6.07, 6.45) is 0.983. The van der Waals surface area contributed by atoms with E-state index in [0.717, 1.165) is 45.5 Å². The Morgan fingerprint density at radius 3 is 1.50 bits per heavy atom. The first-order valence-corrected chi connectivity index (χ1v) is 8.65. The molecule has 0 spiro atoms. The average molecular weight is 337 g/mol. The third-order valence-electron chi connectivity index (χ3n) is 4.71. The third kappa shape index (κ3) is 2.66. The van der Waals surface area contributed by atoms with Gasteiger partial charge in [-0.1, -0.05) is 91.0 Å². The molecular formula is C24H19NO. The van der Waals surface area contributed by atoms with Gasteiger partial charge in [-0.25, -0.2) is 0 Å². The molecule has 0 fully saturated rings. The van der Waals surface area contributed by atoms with Gasteiger partial charge in [0.25, 0.3) is 0 Å². The molecule has 1 heterocycles. The summed E-state index contributed by atoms with van der Waals surface area (Å²) in [5, 5.41) is 0. The zero-order valence-electron chi connectivity index (χ0n) is 14.6. The summed E-state index contributed by atoms with van der Waals surface area (Å²) in [6.45, 7) is 0. The van der Waals surface area contributed by atoms with Gasteiger partial charge in [0.2, 0.25) is 0 Å². The fourth-order valence-corrected chi connectivity index (χ4v) is 3.60. The average Bonchev–Trinajstić information content (AvgIpc) is 3.02. The summed E-state index contributed by atoms with van der Waals surface area (Å²) in [4.78, 5) is 12.2. The van der Waals surface area contributed by atoms with E-state index in [-0.39, 0.29) is 0 Å². The van der Waals surface area contributed by atoms with Gasteiger partial charge in [0.1, 0.15) is 0 Å². The second kappa shape index (κ2) is 6.85. The van der Waals surface area contributed by atoms with Crippen LogP contribution in [0.15, 0.2) is 91.0 Å². The number of hydrogen-bond acceptors (Lipinski definition) is 1. The van der Waals surface area contributed by atoms with Crippen molar-refractivity contribution in [2.75, 3.05) is 0 Å². The Bertz CT molecular complexity index is 1030. The van der Waals surface area contributed by atoms with Crippen LogP contribution in [0.4, 0.5) is 0 Å². The number of aldehydes is 1. The summed E-state index contributed by atoms with van der Waals surface area (Å²) in [5.41, 5.74) is 6.88. The Balaban J connectivity index is 2.11. The van der Waals surface area contributed by atoms with Crippen molar-refractivity contribution in [2.45, 2.75) is 0 Å². The Morgan fingerprint density at radius 1 is 0.615 bits per heavy atom. The lowest BCUT2D eigenvalue weighted by atomic mass is 9.96. The lowest BCUT2D eigenvalue weighted by Gasteiger charge is -2.10. The molecular weight excluding hydrogens is 318 g/mol. The van der Waals surface area contributed by atoms with Crippen LogP contribution in [0, 0.1) is 0 Å². The topological polar surface area (TPSA) is 22.0 Å². The van der Waals surface area contributed by atoms with Crippen LogP contribution in [-0.4, -0.2) is 10.9 Å². The number of nitrogens with zero attached hydrogens (tertiary/aromatic N) is 1. The fraction of sp³-hybridized carbons (Fsp3) is 0.0417. The number of carbonyl (C=O) groups excluding carboxylic acids is 1. The summed E-state index contributed by atoms with van der Waals surface area (Å²) in [6, 6.07) is 30.5. The summed E-state index contributed by atoms with van der Waals surface area (Å²) in [7, 11) is 2.03. The first-order valence-electron chi connectivity index (χ1n) is 8.65. The quantitative estimate of drug-likeness (QED) is 0.429. The SMILES string of the molecule is Cn1c(-c2ccccc2)c(C=O)c(-c2ccccc2)c1-c1ccccc1. The largest absolute Gasteiger partial charge is 0.343 e. The molecule has 0 atom stereocenters. The molecule has 0 bridgehead atoms. The molecule has 4 rings (SSSR count). The molecule has 1 aromatic heterocycles. The van der Waals surface area contributed by atoms with E-state index in [1.54, 1.807) is 0 Å². The molecule has 4 aromatic rings. The van der Waals surface area contributed by atoms with Crippen molar-refractivity contribution >= 4 is 6.29 Å². The molecule has 0 amide bonds. The van der Waals surface area contributed by atoms with Crippen molar-refractivity contribution in [3.63, 3.8) is 0 Å². The van der Waals surface area contributed by atoms with Gasteiger partial charge >= 0.3 is 0 Å². The smallest absolute Gasteiger partial charge is 0.152 e. The van der Waals surface area contributed by atoms with Crippen LogP contribution in [0.2, 0.25) is 0 Å². The Morgan fingerprint density at radius 2 is 1.04 bits per heavy atom. The van der Waals surface area contributed by atoms with Crippen LogP contribution < -0.4 is 0 Å². The highest BCUT2D eigenvalue weighted by Crippen LogP contribution is 2.41. The van der Waals surface area contributed by atoms with Crippen molar-refractivity contribution in [1.29, 1.82) is 0 Å². The molecule has 0 aliphatic heterocycles. The van der Waals surface area contributed by atoms with Gasteiger partial charge in [-0.15, -0.1) is 0 Å². The molecule has 0 radical (unpaired) electrons. The van der Waals surface area contributed by atoms with E-state index in [1.165, 1.54) is 0 Å². The van der Waals surface area contributed by atoms with Gasteiger partial charge in [0, 0.05) is 18.2 Å². The van der Waals surface area contributed by atoms with Crippen molar-refractivity contribution in [3.8, 4) is 33.6 Å². The molecule has 3 aromatic carbocycles. The van der Waals surface area contributed by atoms with E-state index in [0.29, 0.717) is 0 Å². The van der Waals surface area contributed by atoms with Crippen molar-refractivity contribution in [3.05, 3.63) is 96.6 Å². The Kier molecular flexibility index (Phi) is 4.24.